The Kier molecular flexibility index (Phi) is 24.1. The Bertz CT molecular complexity index is 4960. The van der Waals surface area contributed by atoms with Gasteiger partial charge in [-0.2, -0.15) is 0 Å². The van der Waals surface area contributed by atoms with E-state index in [1.807, 2.05) is 0 Å². The van der Waals surface area contributed by atoms with Crippen molar-refractivity contribution in [3.63, 3.8) is 0 Å². The summed E-state index contributed by atoms with van der Waals surface area (Å²) in [4.78, 5) is 8.14. The molecule has 0 spiro atoms. The molecule has 7 aliphatic heterocycles. The van der Waals surface area contributed by atoms with E-state index in [2.05, 4.69) is 19.9 Å². The zero-order chi connectivity index (χ0) is 84.0. The number of likely N-dealkylation sites (N-methyl/N-ethyl adjacent to an activating group) is 1. The van der Waals surface area contributed by atoms with Crippen molar-refractivity contribution in [2.75, 3.05) is 46.6 Å². The molecular weight excluding hydrogens is 1680 g/mol. The molecule has 7 aliphatic rings. The van der Waals surface area contributed by atoms with Crippen molar-refractivity contribution in [1.82, 2.24) is 24.8 Å². The smallest absolute Gasteiger partial charge is 0.176 e. The van der Waals surface area contributed by atoms with Gasteiger partial charge in [0.05, 0.1) is 91.0 Å². The van der Waals surface area contributed by atoms with Gasteiger partial charge in [0.25, 0.3) is 0 Å². The number of H-pyrrole nitrogens is 2. The number of ether oxygens (including phenoxy) is 4. The van der Waals surface area contributed by atoms with Gasteiger partial charge in [-0.25, -0.2) is 80.2 Å². The maximum atomic E-state index is 18.0. The molecule has 7 aromatic rings. The zero-order valence-electron chi connectivity index (χ0n) is 58.1. The summed E-state index contributed by atoms with van der Waals surface area (Å²) in [6.45, 7) is -5.81. The summed E-state index contributed by atoms with van der Waals surface area (Å²) in [6.07, 6.45) is -32.9. The number of rotatable bonds is 16. The number of aliphatic hydroxyl groups excluding tert-OH is 16. The Labute approximate surface area is 655 Å². The Hall–Kier alpha value is -7.08. The second kappa shape index (κ2) is 32.8. The number of benzene rings is 4. The quantitative estimate of drug-likeness (QED) is 0.0456. The minimum Gasteiger partial charge on any atom is -0.394 e. The highest BCUT2D eigenvalue weighted by Crippen LogP contribution is 2.53. The highest BCUT2D eigenvalue weighted by molar-refractivity contribution is 8.00. The van der Waals surface area contributed by atoms with E-state index in [9.17, 15) is 81.7 Å². The van der Waals surface area contributed by atoms with Crippen LogP contribution in [0, 0.1) is 93.1 Å². The van der Waals surface area contributed by atoms with E-state index in [1.54, 1.807) is 0 Å². The fourth-order valence-corrected chi connectivity index (χ4v) is 18.8. The van der Waals surface area contributed by atoms with Gasteiger partial charge in [0.15, 0.2) is 93.1 Å². The van der Waals surface area contributed by atoms with E-state index in [4.69, 9.17) is 18.9 Å². The van der Waals surface area contributed by atoms with Crippen LogP contribution in [-0.4, -0.2) is 273 Å². The molecule has 3 aromatic heterocycles. The van der Waals surface area contributed by atoms with Crippen molar-refractivity contribution in [2.45, 2.75) is 139 Å². The van der Waals surface area contributed by atoms with Crippen LogP contribution in [0.3, 0.4) is 0 Å². The third kappa shape index (κ3) is 14.1. The molecule has 0 radical (unpaired) electrons. The molecule has 0 amide bonds. The molecule has 45 heteroatoms. The van der Waals surface area contributed by atoms with Gasteiger partial charge in [0.1, 0.15) is 119 Å². The number of aromatic nitrogens is 4. The van der Waals surface area contributed by atoms with Crippen LogP contribution in [0.25, 0.3) is 89.9 Å². The number of hydrogen-bond acceptors (Lipinski definition) is 27. The maximum absolute atomic E-state index is 18.0. The Balaban J connectivity index is 1.11. The van der Waals surface area contributed by atoms with E-state index in [0.29, 0.717) is 36.4 Å². The molecular formula is C71H59F16N5O20S4. The fourth-order valence-electron chi connectivity index (χ4n) is 14.3. The highest BCUT2D eigenvalue weighted by atomic mass is 32.2. The maximum Gasteiger partial charge on any atom is 0.176 e. The largest absolute Gasteiger partial charge is 0.394 e. The van der Waals surface area contributed by atoms with Crippen LogP contribution in [-0.2, 0) is 18.9 Å². The third-order valence-electron chi connectivity index (χ3n) is 20.3. The number of aromatic amines is 2. The number of nitrogens with zero attached hydrogens (tertiary/aromatic N) is 3. The molecule has 0 saturated carbocycles. The monoisotopic (exact) mass is 1730 g/mol. The molecule has 624 valence electrons. The predicted octanol–water partition coefficient (Wildman–Crippen LogP) is 4.80. The minimum absolute atomic E-state index is 0.357. The van der Waals surface area contributed by atoms with Gasteiger partial charge in [-0.15, -0.1) is 0 Å². The molecule has 4 saturated heterocycles. The summed E-state index contributed by atoms with van der Waals surface area (Å²) in [5.74, 6) is -39.1. The van der Waals surface area contributed by atoms with Crippen LogP contribution in [0.4, 0.5) is 70.2 Å². The second-order valence-corrected chi connectivity index (χ2v) is 31.8. The molecule has 4 fully saturated rings. The number of thioether (sulfide) groups is 4. The van der Waals surface area contributed by atoms with Crippen LogP contribution < -0.4 is 0 Å². The second-order valence-electron chi connectivity index (χ2n) is 27.3. The number of halogens is 16. The van der Waals surface area contributed by atoms with Gasteiger partial charge >= 0.3 is 0 Å². The van der Waals surface area contributed by atoms with Gasteiger partial charge in [-0.05, 0) is 54.6 Å². The number of hydrogen-bond donors (Lipinski definition) is 18. The summed E-state index contributed by atoms with van der Waals surface area (Å²) < 4.78 is 302. The summed E-state index contributed by atoms with van der Waals surface area (Å²) in [6, 6.07) is 2.63. The third-order valence-corrected chi connectivity index (χ3v) is 25.2. The first kappa shape index (κ1) is 85.3. The average molecular weight is 1730 g/mol. The SMILES string of the molecule is CN1CC2=C(C1)c1nc2c(-c2c(F)c(F)c(S[C@@H]3O[C@H](CO)[C@@H](O)[C@H](O)[C@H]3O)c(F)c2F)c2ccc([nH]2)c(-c2c(F)c(F)c(S[C@@H]3O[C@H](CO)[C@@H](O)[C@H](O)[C@H]3O)c(F)c2F)c2nc(c(-c3c(F)c(F)c(S[C@@H]4O[C@H](CO)[C@@H](O)[C@H](O)[C@H]4O)c(F)c3F)c3ccc([nH]3)c1-c1c(F)c(F)c(S[C@@H]3O[C@H](CO)[C@@H](O)[C@H](O)[C@H]3O)c(F)c1F)C=C2. The molecule has 18 N–H and O–H groups in total. The first-order valence-electron chi connectivity index (χ1n) is 34.2. The molecule has 116 heavy (non-hydrogen) atoms. The van der Waals surface area contributed by atoms with Crippen LogP contribution >= 0.6 is 47.0 Å². The van der Waals surface area contributed by atoms with Crippen molar-refractivity contribution in [3.8, 4) is 44.5 Å². The molecule has 14 rings (SSSR count). The summed E-state index contributed by atoms with van der Waals surface area (Å²) in [5, 5.41) is 167. The molecule has 25 nitrogen and oxygen atoms in total. The van der Waals surface area contributed by atoms with E-state index >= 15 is 70.2 Å². The highest BCUT2D eigenvalue weighted by Gasteiger charge is 2.51. The Morgan fingerprint density at radius 1 is 0.310 bits per heavy atom. The van der Waals surface area contributed by atoms with Crippen molar-refractivity contribution in [2.24, 2.45) is 0 Å². The van der Waals surface area contributed by atoms with Gasteiger partial charge in [0.2, 0.25) is 0 Å². The van der Waals surface area contributed by atoms with Gasteiger partial charge in [0, 0.05) is 57.4 Å². The molecule has 0 aliphatic carbocycles. The molecule has 10 heterocycles. The van der Waals surface area contributed by atoms with E-state index < -0.39 is 372 Å². The predicted molar refractivity (Wildman–Crippen MR) is 374 cm³/mol. The number of fused-ring (bicyclic) bond motifs is 10. The number of nitrogens with one attached hydrogen (secondary N) is 2. The van der Waals surface area contributed by atoms with Crippen LogP contribution in [0.5, 0.6) is 0 Å². The van der Waals surface area contributed by atoms with Gasteiger partial charge in [-0.3, -0.25) is 4.90 Å². The van der Waals surface area contributed by atoms with E-state index in [1.165, 1.54) is 11.9 Å². The van der Waals surface area contributed by atoms with Gasteiger partial charge in [-0.1, -0.05) is 47.0 Å². The Morgan fingerprint density at radius 3 is 0.750 bits per heavy atom. The van der Waals surface area contributed by atoms with Crippen LogP contribution in [0.15, 0.2) is 43.8 Å². The van der Waals surface area contributed by atoms with Gasteiger partial charge < -0.3 is 111 Å². The standard InChI is InChI=1S/C71H59F16N5O20S4/c1-92-8-14-15(9-92)51-29(33-40(78)48(86)67(49(87)41(33)79)116-71-63(108)59(104)55(100)25(13-96)112-71)21-7-5-19(90-21)27(31-36(74)44(82)65(45(83)37(31)75)114-69-61(106)57(102)53(98)23(11-94)110-69)17-3-2-16(88-17)26(30-34(72)42(80)64(43(81)35(30)73)113-68-60(105)56(101)52(97)22(10-93)109-68)18-4-6-20(89-18)28(50(14)91-51)32-38(76)46(84)66(47(85)39(32)77)115-70-62(107)58(103)54(99)24(12-95)111-70/h2-7,22-25,52-63,68-71,89-90,93-108H,8-13H2,1H3/t22-,23-,24-,25-,52-,53-,54-,55-,56+,57+,58+,59+,60-,61-,62-,63-,68+,69+,70+,71+/m1/s1. The topological polar surface area (TPSA) is 421 Å². The number of aliphatic hydroxyl groups is 16. The lowest BCUT2D eigenvalue weighted by Gasteiger charge is -2.39. The molecule has 0 unspecified atom stereocenters. The van der Waals surface area contributed by atoms with E-state index in [0.717, 1.165) is 0 Å². The summed E-state index contributed by atoms with van der Waals surface area (Å²) in [5.41, 5.74) is -30.8. The normalized spacial score (nSPS) is 29.0. The van der Waals surface area contributed by atoms with Crippen molar-refractivity contribution in [1.29, 1.82) is 0 Å². The average Bonchev–Trinajstić information content (AvgIpc) is 1.55. The lowest BCUT2D eigenvalue weighted by Crippen LogP contribution is -2.57. The molecule has 8 bridgehead atoms. The van der Waals surface area contributed by atoms with Crippen molar-refractivity contribution in [3.05, 3.63) is 140 Å². The zero-order valence-corrected chi connectivity index (χ0v) is 61.3. The summed E-state index contributed by atoms with van der Waals surface area (Å²) in [7, 11) is 1.28. The molecule has 20 atom stereocenters. The summed E-state index contributed by atoms with van der Waals surface area (Å²) >= 11 is -1.44. The van der Waals surface area contributed by atoms with Crippen molar-refractivity contribution >= 4 is 92.4 Å². The first-order valence-corrected chi connectivity index (χ1v) is 37.7. The van der Waals surface area contributed by atoms with E-state index in [-0.39, 0.29) is 47.0 Å². The lowest BCUT2D eigenvalue weighted by molar-refractivity contribution is -0.205. The first-order chi connectivity index (χ1) is 54.9. The lowest BCUT2D eigenvalue weighted by atomic mass is 9.95. The molecule has 4 aromatic carbocycles. The van der Waals surface area contributed by atoms with Crippen LogP contribution in [0.2, 0.25) is 0 Å². The van der Waals surface area contributed by atoms with Crippen molar-refractivity contribution < 1.29 is 171 Å². The fraction of sp³-hybridized carbons (Fsp3) is 0.380. The Morgan fingerprint density at radius 2 is 0.526 bits per heavy atom. The van der Waals surface area contributed by atoms with Crippen LogP contribution in [0.1, 0.15) is 22.8 Å². The minimum atomic E-state index is -2.48.